The van der Waals surface area contributed by atoms with Crippen LogP contribution in [0.4, 0.5) is 14.9 Å². The highest BCUT2D eigenvalue weighted by Gasteiger charge is 2.33. The van der Waals surface area contributed by atoms with Crippen molar-refractivity contribution in [2.24, 2.45) is 0 Å². The van der Waals surface area contributed by atoms with Crippen LogP contribution in [0.15, 0.2) is 89.5 Å². The van der Waals surface area contributed by atoms with E-state index < -0.39 is 5.82 Å². The van der Waals surface area contributed by atoms with Gasteiger partial charge < -0.3 is 14.8 Å². The number of aromatic nitrogens is 1. The number of aryl methyl sites for hydroxylation is 1. The Morgan fingerprint density at radius 2 is 1.81 bits per heavy atom. The molecular weight excluding hydrogens is 469 g/mol. The fourth-order valence-corrected chi connectivity index (χ4v) is 4.67. The number of nitrogens with one attached hydrogen (secondary N) is 1. The predicted octanol–water partition coefficient (Wildman–Crippen LogP) is 6.82. The Bertz CT molecular complexity index is 1320. The maximum atomic E-state index is 14.5. The predicted molar refractivity (Wildman–Crippen MR) is 127 cm³/mol. The van der Waals surface area contributed by atoms with Crippen molar-refractivity contribution >= 4 is 27.6 Å². The summed E-state index contributed by atoms with van der Waals surface area (Å²) in [6.45, 7) is 2.44. The molecule has 0 bridgehead atoms. The number of hydrogen-bond acceptors (Lipinski definition) is 1. The Hall–Kier alpha value is -3.38. The summed E-state index contributed by atoms with van der Waals surface area (Å²) in [7, 11) is 0. The third kappa shape index (κ3) is 3.60. The standard InChI is InChI=1S/C26H21BrFN3O/c1-17-7-2-4-9-20(17)25-24-11-6-14-30(24)23-10-5-3-8-18(23)16-31(25)26(32)29-22-13-12-19(27)15-21(22)28/h2-15,25H,16H2,1H3,(H,29,32)/t25-/m1/s1. The zero-order valence-corrected chi connectivity index (χ0v) is 19.0. The number of urea groups is 1. The number of anilines is 1. The van der Waals surface area contributed by atoms with Gasteiger partial charge in [0.2, 0.25) is 0 Å². The minimum absolute atomic E-state index is 0.148. The first-order valence-corrected chi connectivity index (χ1v) is 11.2. The summed E-state index contributed by atoms with van der Waals surface area (Å²) in [6, 6.07) is 24.1. The van der Waals surface area contributed by atoms with Crippen molar-refractivity contribution in [3.05, 3.63) is 118 Å². The molecule has 6 heteroatoms. The highest BCUT2D eigenvalue weighted by Crippen LogP contribution is 2.38. The van der Waals surface area contributed by atoms with Gasteiger partial charge in [-0.2, -0.15) is 0 Å². The number of para-hydroxylation sites is 1. The van der Waals surface area contributed by atoms with Gasteiger partial charge in [-0.3, -0.25) is 0 Å². The largest absolute Gasteiger partial charge is 0.323 e. The molecule has 5 rings (SSSR count). The summed E-state index contributed by atoms with van der Waals surface area (Å²) in [4.78, 5) is 15.4. The molecule has 1 aliphatic rings. The van der Waals surface area contributed by atoms with Crippen LogP contribution in [0.3, 0.4) is 0 Å². The Labute approximate surface area is 194 Å². The maximum absolute atomic E-state index is 14.5. The summed E-state index contributed by atoms with van der Waals surface area (Å²) in [6.07, 6.45) is 2.02. The van der Waals surface area contributed by atoms with Crippen molar-refractivity contribution in [2.75, 3.05) is 5.32 Å². The Balaban J connectivity index is 1.65. The van der Waals surface area contributed by atoms with E-state index in [0.717, 1.165) is 28.1 Å². The van der Waals surface area contributed by atoms with E-state index in [4.69, 9.17) is 0 Å². The molecule has 0 saturated heterocycles. The third-order valence-electron chi connectivity index (χ3n) is 5.88. The summed E-state index contributed by atoms with van der Waals surface area (Å²) in [5, 5.41) is 2.79. The normalized spacial score (nSPS) is 15.0. The van der Waals surface area contributed by atoms with Crippen molar-refractivity contribution < 1.29 is 9.18 Å². The van der Waals surface area contributed by atoms with Crippen molar-refractivity contribution in [1.82, 2.24) is 9.47 Å². The Morgan fingerprint density at radius 3 is 2.62 bits per heavy atom. The molecule has 160 valence electrons. The number of benzene rings is 3. The minimum Gasteiger partial charge on any atom is -0.318 e. The van der Waals surface area contributed by atoms with E-state index in [-0.39, 0.29) is 17.8 Å². The van der Waals surface area contributed by atoms with Crippen LogP contribution in [0, 0.1) is 12.7 Å². The van der Waals surface area contributed by atoms with Gasteiger partial charge in [-0.15, -0.1) is 0 Å². The molecule has 0 aliphatic carbocycles. The highest BCUT2D eigenvalue weighted by atomic mass is 79.9. The van der Waals surface area contributed by atoms with Crippen LogP contribution in [0.2, 0.25) is 0 Å². The first-order valence-electron chi connectivity index (χ1n) is 10.4. The SMILES string of the molecule is Cc1ccccc1[C@@H]1c2cccn2-c2ccccc2CN1C(=O)Nc1ccc(Br)cc1F. The molecule has 1 atom stereocenters. The van der Waals surface area contributed by atoms with Crippen molar-refractivity contribution in [2.45, 2.75) is 19.5 Å². The van der Waals surface area contributed by atoms with Crippen LogP contribution in [-0.4, -0.2) is 15.5 Å². The lowest BCUT2D eigenvalue weighted by Crippen LogP contribution is -2.38. The summed E-state index contributed by atoms with van der Waals surface area (Å²) in [5.74, 6) is -0.487. The van der Waals surface area contributed by atoms with Gasteiger partial charge in [0, 0.05) is 16.4 Å². The van der Waals surface area contributed by atoms with Gasteiger partial charge in [0.15, 0.2) is 0 Å². The van der Waals surface area contributed by atoms with E-state index in [9.17, 15) is 9.18 Å². The van der Waals surface area contributed by atoms with Crippen molar-refractivity contribution in [3.8, 4) is 5.69 Å². The first-order chi connectivity index (χ1) is 15.5. The number of carbonyl (C=O) groups is 1. The molecular formula is C26H21BrFN3O. The van der Waals surface area contributed by atoms with Crippen LogP contribution in [0.25, 0.3) is 5.69 Å². The molecule has 1 aromatic heterocycles. The average Bonchev–Trinajstić information content (AvgIpc) is 3.21. The quantitative estimate of drug-likeness (QED) is 0.329. The van der Waals surface area contributed by atoms with Gasteiger partial charge in [-0.25, -0.2) is 9.18 Å². The van der Waals surface area contributed by atoms with E-state index in [1.54, 1.807) is 17.0 Å². The lowest BCUT2D eigenvalue weighted by atomic mass is 9.97. The lowest BCUT2D eigenvalue weighted by Gasteiger charge is -2.32. The molecule has 1 N–H and O–H groups in total. The molecule has 0 fully saturated rings. The fraction of sp³-hybridized carbons (Fsp3) is 0.115. The molecule has 4 aromatic rings. The zero-order chi connectivity index (χ0) is 22.2. The number of halogens is 2. The number of carbonyl (C=O) groups excluding carboxylic acids is 1. The average molecular weight is 490 g/mol. The molecule has 2 heterocycles. The van der Waals surface area contributed by atoms with Crippen molar-refractivity contribution in [1.29, 1.82) is 0 Å². The van der Waals surface area contributed by atoms with Gasteiger partial charge in [0.25, 0.3) is 0 Å². The molecule has 2 amide bonds. The Morgan fingerprint density at radius 1 is 1.03 bits per heavy atom. The van der Waals surface area contributed by atoms with E-state index in [2.05, 4.69) is 31.9 Å². The molecule has 3 aromatic carbocycles. The van der Waals surface area contributed by atoms with Gasteiger partial charge in [-0.1, -0.05) is 58.4 Å². The van der Waals surface area contributed by atoms with Gasteiger partial charge in [-0.05, 0) is 60.0 Å². The second kappa shape index (κ2) is 8.28. The fourth-order valence-electron chi connectivity index (χ4n) is 4.34. The summed E-state index contributed by atoms with van der Waals surface area (Å²) < 4.78 is 17.3. The Kier molecular flexibility index (Phi) is 5.31. The third-order valence-corrected chi connectivity index (χ3v) is 6.37. The van der Waals surface area contributed by atoms with E-state index >= 15 is 0 Å². The molecule has 1 aliphatic heterocycles. The maximum Gasteiger partial charge on any atom is 0.323 e. The topological polar surface area (TPSA) is 37.3 Å². The lowest BCUT2D eigenvalue weighted by molar-refractivity contribution is 0.194. The summed E-state index contributed by atoms with van der Waals surface area (Å²) >= 11 is 3.26. The van der Waals surface area contributed by atoms with E-state index in [1.165, 1.54) is 6.07 Å². The first kappa shape index (κ1) is 20.5. The van der Waals surface area contributed by atoms with E-state index in [0.29, 0.717) is 11.0 Å². The van der Waals surface area contributed by atoms with Crippen LogP contribution in [-0.2, 0) is 6.54 Å². The molecule has 0 saturated carbocycles. The molecule has 32 heavy (non-hydrogen) atoms. The van der Waals surface area contributed by atoms with Crippen LogP contribution < -0.4 is 5.32 Å². The van der Waals surface area contributed by atoms with Gasteiger partial charge in [0.1, 0.15) is 11.9 Å². The zero-order valence-electron chi connectivity index (χ0n) is 17.4. The molecule has 4 nitrogen and oxygen atoms in total. The van der Waals surface area contributed by atoms with E-state index in [1.807, 2.05) is 67.7 Å². The van der Waals surface area contributed by atoms with Gasteiger partial charge in [0.05, 0.1) is 17.9 Å². The number of amides is 2. The number of hydrogen-bond donors (Lipinski definition) is 1. The minimum atomic E-state index is -0.487. The molecule has 0 radical (unpaired) electrons. The van der Waals surface area contributed by atoms with Gasteiger partial charge >= 0.3 is 6.03 Å². The summed E-state index contributed by atoms with van der Waals surface area (Å²) in [5.41, 5.74) is 5.31. The van der Waals surface area contributed by atoms with Crippen molar-refractivity contribution in [3.63, 3.8) is 0 Å². The smallest absolute Gasteiger partial charge is 0.318 e. The highest BCUT2D eigenvalue weighted by molar-refractivity contribution is 9.10. The molecule has 0 spiro atoms. The molecule has 0 unspecified atom stereocenters. The second-order valence-corrected chi connectivity index (χ2v) is 8.79. The van der Waals surface area contributed by atoms with Crippen LogP contribution >= 0.6 is 15.9 Å². The van der Waals surface area contributed by atoms with Crippen LogP contribution in [0.5, 0.6) is 0 Å². The monoisotopic (exact) mass is 489 g/mol. The number of nitrogens with zero attached hydrogens (tertiary/aromatic N) is 2. The number of fused-ring (bicyclic) bond motifs is 3. The second-order valence-electron chi connectivity index (χ2n) is 7.87. The number of rotatable bonds is 2. The van der Waals surface area contributed by atoms with Crippen LogP contribution in [0.1, 0.15) is 28.4 Å².